The Hall–Kier alpha value is -2.37. The van der Waals surface area contributed by atoms with Crippen molar-refractivity contribution >= 4 is 22.9 Å². The number of carboxylic acid groups (broad SMARTS) is 2. The third kappa shape index (κ3) is 1.40. The number of furan rings is 1. The van der Waals surface area contributed by atoms with Gasteiger partial charge in [0.1, 0.15) is 17.0 Å². The Bertz CT molecular complexity index is 599. The van der Waals surface area contributed by atoms with Gasteiger partial charge in [-0.1, -0.05) is 0 Å². The molecule has 0 aliphatic rings. The first kappa shape index (κ1) is 10.2. The summed E-state index contributed by atoms with van der Waals surface area (Å²) in [6, 6.07) is 3.15. The quantitative estimate of drug-likeness (QED) is 0.814. The van der Waals surface area contributed by atoms with Crippen molar-refractivity contribution in [2.75, 3.05) is 0 Å². The molecule has 0 radical (unpaired) electrons. The van der Waals surface area contributed by atoms with Gasteiger partial charge in [0.15, 0.2) is 0 Å². The Morgan fingerprint density at radius 2 is 1.88 bits per heavy atom. The summed E-state index contributed by atoms with van der Waals surface area (Å²) in [4.78, 5) is 21.6. The van der Waals surface area contributed by atoms with Crippen LogP contribution in [0, 0.1) is 5.82 Å². The smallest absolute Gasteiger partial charge is 0.372 e. The maximum Gasteiger partial charge on any atom is 0.372 e. The molecule has 0 unspecified atom stereocenters. The number of hydrogen-bond donors (Lipinski definition) is 2. The molecule has 0 aliphatic heterocycles. The van der Waals surface area contributed by atoms with Gasteiger partial charge in [0.2, 0.25) is 5.76 Å². The summed E-state index contributed by atoms with van der Waals surface area (Å²) in [6.07, 6.45) is 0. The molecule has 0 amide bonds. The fourth-order valence-electron chi connectivity index (χ4n) is 1.43. The molecule has 6 heteroatoms. The van der Waals surface area contributed by atoms with Crippen LogP contribution in [-0.2, 0) is 0 Å². The van der Waals surface area contributed by atoms with Crippen LogP contribution in [0.2, 0.25) is 0 Å². The van der Waals surface area contributed by atoms with Crippen molar-refractivity contribution in [3.05, 3.63) is 35.3 Å². The van der Waals surface area contributed by atoms with Gasteiger partial charge in [0.05, 0.1) is 0 Å². The van der Waals surface area contributed by atoms with Crippen LogP contribution in [0.25, 0.3) is 11.0 Å². The summed E-state index contributed by atoms with van der Waals surface area (Å²) in [5, 5.41) is 17.6. The monoisotopic (exact) mass is 224 g/mol. The molecule has 1 aromatic carbocycles. The van der Waals surface area contributed by atoms with Gasteiger partial charge in [-0.3, -0.25) is 0 Å². The minimum atomic E-state index is -1.51. The average Bonchev–Trinajstić information content (AvgIpc) is 2.55. The summed E-state index contributed by atoms with van der Waals surface area (Å²) >= 11 is 0. The number of halogens is 1. The van der Waals surface area contributed by atoms with Crippen molar-refractivity contribution in [3.63, 3.8) is 0 Å². The Kier molecular flexibility index (Phi) is 2.12. The summed E-state index contributed by atoms with van der Waals surface area (Å²) in [7, 11) is 0. The summed E-state index contributed by atoms with van der Waals surface area (Å²) < 4.78 is 17.6. The lowest BCUT2D eigenvalue weighted by atomic mass is 10.1. The van der Waals surface area contributed by atoms with Crippen molar-refractivity contribution in [1.82, 2.24) is 0 Å². The minimum absolute atomic E-state index is 0.0614. The fourth-order valence-corrected chi connectivity index (χ4v) is 1.43. The zero-order chi connectivity index (χ0) is 11.9. The number of carbonyl (C=O) groups is 2. The third-order valence-corrected chi connectivity index (χ3v) is 2.06. The van der Waals surface area contributed by atoms with Gasteiger partial charge in [-0.2, -0.15) is 0 Å². The average molecular weight is 224 g/mol. The van der Waals surface area contributed by atoms with Crippen LogP contribution in [0.15, 0.2) is 22.6 Å². The molecular formula is C10H5FO5. The lowest BCUT2D eigenvalue weighted by molar-refractivity contribution is 0.0628. The first-order chi connectivity index (χ1) is 7.50. The van der Waals surface area contributed by atoms with Gasteiger partial charge < -0.3 is 14.6 Å². The molecule has 2 rings (SSSR count). The Morgan fingerprint density at radius 1 is 1.19 bits per heavy atom. The van der Waals surface area contributed by atoms with E-state index in [9.17, 15) is 14.0 Å². The normalized spacial score (nSPS) is 10.6. The van der Waals surface area contributed by atoms with E-state index in [-0.39, 0.29) is 11.0 Å². The Labute approximate surface area is 87.7 Å². The van der Waals surface area contributed by atoms with E-state index in [1.165, 1.54) is 6.07 Å². The summed E-state index contributed by atoms with van der Waals surface area (Å²) in [5.41, 5.74) is -0.572. The van der Waals surface area contributed by atoms with Crippen molar-refractivity contribution in [2.24, 2.45) is 0 Å². The molecule has 0 aliphatic carbocycles. The van der Waals surface area contributed by atoms with Gasteiger partial charge in [0.25, 0.3) is 0 Å². The lowest BCUT2D eigenvalue weighted by Crippen LogP contribution is -2.04. The highest BCUT2D eigenvalue weighted by molar-refractivity contribution is 6.10. The molecular weight excluding hydrogens is 219 g/mol. The van der Waals surface area contributed by atoms with E-state index in [2.05, 4.69) is 0 Å². The van der Waals surface area contributed by atoms with Gasteiger partial charge >= 0.3 is 11.9 Å². The second-order valence-electron chi connectivity index (χ2n) is 3.06. The van der Waals surface area contributed by atoms with Crippen LogP contribution < -0.4 is 0 Å². The topological polar surface area (TPSA) is 87.7 Å². The second-order valence-corrected chi connectivity index (χ2v) is 3.06. The van der Waals surface area contributed by atoms with Gasteiger partial charge in [-0.25, -0.2) is 14.0 Å². The SMILES string of the molecule is O=C(O)c1oc2cc(F)ccc2c1C(=O)O. The van der Waals surface area contributed by atoms with Crippen molar-refractivity contribution in [1.29, 1.82) is 0 Å². The molecule has 0 atom stereocenters. The molecule has 2 N–H and O–H groups in total. The van der Waals surface area contributed by atoms with Crippen molar-refractivity contribution < 1.29 is 28.6 Å². The lowest BCUT2D eigenvalue weighted by Gasteiger charge is -1.91. The van der Waals surface area contributed by atoms with Crippen LogP contribution in [0.4, 0.5) is 4.39 Å². The molecule has 5 nitrogen and oxygen atoms in total. The number of carboxylic acids is 2. The maximum atomic E-state index is 12.8. The Morgan fingerprint density at radius 3 is 2.44 bits per heavy atom. The van der Waals surface area contributed by atoms with Crippen LogP contribution in [0.3, 0.4) is 0 Å². The predicted octanol–water partition coefficient (Wildman–Crippen LogP) is 1.97. The van der Waals surface area contributed by atoms with Gasteiger partial charge in [-0.05, 0) is 12.1 Å². The van der Waals surface area contributed by atoms with Crippen molar-refractivity contribution in [3.8, 4) is 0 Å². The van der Waals surface area contributed by atoms with E-state index in [1.54, 1.807) is 0 Å². The van der Waals surface area contributed by atoms with Crippen LogP contribution in [0.5, 0.6) is 0 Å². The molecule has 1 aromatic heterocycles. The van der Waals surface area contributed by atoms with E-state index >= 15 is 0 Å². The maximum absolute atomic E-state index is 12.8. The third-order valence-electron chi connectivity index (χ3n) is 2.06. The standard InChI is InChI=1S/C10H5FO5/c11-4-1-2-5-6(3-4)16-8(10(14)15)7(5)9(12)13/h1-3H,(H,12,13)(H,14,15). The van der Waals surface area contributed by atoms with Gasteiger partial charge in [-0.15, -0.1) is 0 Å². The van der Waals surface area contributed by atoms with E-state index in [1.807, 2.05) is 0 Å². The molecule has 0 fully saturated rings. The summed E-state index contributed by atoms with van der Waals surface area (Å²) in [6.45, 7) is 0. The highest BCUT2D eigenvalue weighted by atomic mass is 19.1. The van der Waals surface area contributed by atoms with Crippen LogP contribution >= 0.6 is 0 Å². The molecule has 0 bridgehead atoms. The van der Waals surface area contributed by atoms with E-state index in [0.717, 1.165) is 12.1 Å². The van der Waals surface area contributed by atoms with E-state index in [0.29, 0.717) is 0 Å². The molecule has 82 valence electrons. The first-order valence-corrected chi connectivity index (χ1v) is 4.19. The molecule has 1 heterocycles. The largest absolute Gasteiger partial charge is 0.478 e. The van der Waals surface area contributed by atoms with Crippen molar-refractivity contribution in [2.45, 2.75) is 0 Å². The zero-order valence-corrected chi connectivity index (χ0v) is 7.73. The van der Waals surface area contributed by atoms with Crippen LogP contribution in [-0.4, -0.2) is 22.2 Å². The number of fused-ring (bicyclic) bond motifs is 1. The fraction of sp³-hybridized carbons (Fsp3) is 0. The molecule has 0 saturated carbocycles. The van der Waals surface area contributed by atoms with Crippen LogP contribution in [0.1, 0.15) is 20.9 Å². The zero-order valence-electron chi connectivity index (χ0n) is 7.73. The van der Waals surface area contributed by atoms with Gasteiger partial charge in [0, 0.05) is 11.5 Å². The molecule has 0 spiro atoms. The number of hydrogen-bond acceptors (Lipinski definition) is 3. The summed E-state index contributed by atoms with van der Waals surface area (Å²) in [5.74, 6) is -4.26. The van der Waals surface area contributed by atoms with E-state index < -0.39 is 29.1 Å². The number of benzene rings is 1. The predicted molar refractivity (Wildman–Crippen MR) is 50.1 cm³/mol. The Balaban J connectivity index is 2.86. The highest BCUT2D eigenvalue weighted by Gasteiger charge is 2.25. The molecule has 0 saturated heterocycles. The van der Waals surface area contributed by atoms with E-state index in [4.69, 9.17) is 14.6 Å². The number of aromatic carboxylic acids is 2. The molecule has 2 aromatic rings. The highest BCUT2D eigenvalue weighted by Crippen LogP contribution is 2.26. The molecule has 16 heavy (non-hydrogen) atoms. The second kappa shape index (κ2) is 3.34. The first-order valence-electron chi connectivity index (χ1n) is 4.19. The minimum Gasteiger partial charge on any atom is -0.478 e. The number of rotatable bonds is 2.